The van der Waals surface area contributed by atoms with Crippen LogP contribution < -0.4 is 4.90 Å². The largest absolute Gasteiger partial charge is 0.490 e. The van der Waals surface area contributed by atoms with E-state index in [1.54, 1.807) is 6.20 Å². The van der Waals surface area contributed by atoms with Crippen molar-refractivity contribution in [1.29, 1.82) is 0 Å². The minimum Gasteiger partial charge on any atom is -0.475 e. The summed E-state index contributed by atoms with van der Waals surface area (Å²) in [5.41, 5.74) is 2.02. The number of anilines is 1. The van der Waals surface area contributed by atoms with Crippen molar-refractivity contribution in [3.8, 4) is 0 Å². The Hall–Kier alpha value is -3.04. The molecule has 1 saturated heterocycles. The summed E-state index contributed by atoms with van der Waals surface area (Å²) in [7, 11) is 0. The van der Waals surface area contributed by atoms with Gasteiger partial charge in [-0.25, -0.2) is 4.79 Å². The number of furan rings is 1. The molecule has 0 radical (unpaired) electrons. The van der Waals surface area contributed by atoms with Crippen LogP contribution in [0.15, 0.2) is 35.0 Å². The number of rotatable bonds is 2. The molecule has 1 N–H and O–H groups in total. The van der Waals surface area contributed by atoms with Crippen molar-refractivity contribution in [3.63, 3.8) is 0 Å². The zero-order valence-electron chi connectivity index (χ0n) is 15.4. The molecular formula is C18H20F3N3O4. The van der Waals surface area contributed by atoms with Gasteiger partial charge in [-0.15, -0.1) is 0 Å². The summed E-state index contributed by atoms with van der Waals surface area (Å²) >= 11 is 0. The Morgan fingerprint density at radius 2 is 1.79 bits per heavy atom. The third-order valence-electron chi connectivity index (χ3n) is 4.06. The van der Waals surface area contributed by atoms with Crippen molar-refractivity contribution >= 4 is 17.6 Å². The molecule has 1 aliphatic heterocycles. The van der Waals surface area contributed by atoms with E-state index < -0.39 is 12.1 Å². The number of carbonyl (C=O) groups excluding carboxylic acids is 1. The quantitative estimate of drug-likeness (QED) is 0.836. The van der Waals surface area contributed by atoms with Crippen molar-refractivity contribution in [3.05, 3.63) is 47.7 Å². The number of carboxylic acid groups (broad SMARTS) is 1. The molecule has 0 atom stereocenters. The first-order valence-corrected chi connectivity index (χ1v) is 8.41. The van der Waals surface area contributed by atoms with Gasteiger partial charge in [0, 0.05) is 37.9 Å². The monoisotopic (exact) mass is 399 g/mol. The molecule has 7 nitrogen and oxygen atoms in total. The number of aryl methyl sites for hydroxylation is 2. The van der Waals surface area contributed by atoms with Crippen LogP contribution in [-0.2, 0) is 4.79 Å². The number of carbonyl (C=O) groups is 2. The lowest BCUT2D eigenvalue weighted by molar-refractivity contribution is -0.192. The second-order valence-corrected chi connectivity index (χ2v) is 6.16. The molecule has 0 spiro atoms. The van der Waals surface area contributed by atoms with Crippen molar-refractivity contribution in [2.45, 2.75) is 20.0 Å². The highest BCUT2D eigenvalue weighted by atomic mass is 19.4. The predicted octanol–water partition coefficient (Wildman–Crippen LogP) is 2.89. The highest BCUT2D eigenvalue weighted by Crippen LogP contribution is 2.19. The number of pyridine rings is 1. The Morgan fingerprint density at radius 3 is 2.21 bits per heavy atom. The maximum absolute atomic E-state index is 12.5. The van der Waals surface area contributed by atoms with Gasteiger partial charge < -0.3 is 19.3 Å². The number of piperazine rings is 1. The lowest BCUT2D eigenvalue weighted by atomic mass is 10.2. The van der Waals surface area contributed by atoms with Gasteiger partial charge in [0.15, 0.2) is 5.76 Å². The summed E-state index contributed by atoms with van der Waals surface area (Å²) in [5, 5.41) is 7.12. The Labute approximate surface area is 159 Å². The lowest BCUT2D eigenvalue weighted by Gasteiger charge is -2.35. The number of hydrogen-bond acceptors (Lipinski definition) is 5. The van der Waals surface area contributed by atoms with Gasteiger partial charge >= 0.3 is 12.1 Å². The molecule has 2 aromatic rings. The number of nitrogens with zero attached hydrogens (tertiary/aromatic N) is 3. The van der Waals surface area contributed by atoms with Crippen molar-refractivity contribution < 1.29 is 32.3 Å². The zero-order valence-corrected chi connectivity index (χ0v) is 15.4. The molecule has 0 saturated carbocycles. The Kier molecular flexibility index (Phi) is 6.66. The van der Waals surface area contributed by atoms with E-state index in [1.807, 2.05) is 43.1 Å². The standard InChI is InChI=1S/C16H19N3O2.C2HF3O2/c1-12-10-13(2)21-15(12)16(20)19-8-6-18(7-9-19)14-4-3-5-17-11-14;3-2(4,5)1(6)7/h3-5,10-11H,6-9H2,1-2H3;(H,6,7). The molecule has 2 aromatic heterocycles. The van der Waals surface area contributed by atoms with Crippen LogP contribution in [0.5, 0.6) is 0 Å². The molecular weight excluding hydrogens is 379 g/mol. The fourth-order valence-corrected chi connectivity index (χ4v) is 2.71. The number of aromatic nitrogens is 1. The van der Waals surface area contributed by atoms with E-state index in [1.165, 1.54) is 0 Å². The second-order valence-electron chi connectivity index (χ2n) is 6.16. The maximum atomic E-state index is 12.5. The number of halogens is 3. The average Bonchev–Trinajstić information content (AvgIpc) is 3.00. The molecule has 0 unspecified atom stereocenters. The van der Waals surface area contributed by atoms with Gasteiger partial charge in [-0.3, -0.25) is 9.78 Å². The van der Waals surface area contributed by atoms with Gasteiger partial charge in [-0.05, 0) is 32.0 Å². The summed E-state index contributed by atoms with van der Waals surface area (Å²) < 4.78 is 37.3. The number of amides is 1. The molecule has 3 rings (SSSR count). The number of alkyl halides is 3. The first-order chi connectivity index (χ1) is 13.1. The van der Waals surface area contributed by atoms with Crippen LogP contribution in [-0.4, -0.2) is 59.2 Å². The van der Waals surface area contributed by atoms with E-state index in [2.05, 4.69) is 9.88 Å². The van der Waals surface area contributed by atoms with Gasteiger partial charge in [-0.1, -0.05) is 0 Å². The first-order valence-electron chi connectivity index (χ1n) is 8.41. The molecule has 0 bridgehead atoms. The van der Waals surface area contributed by atoms with Gasteiger partial charge in [0.2, 0.25) is 0 Å². The Balaban J connectivity index is 0.000000345. The molecule has 0 aromatic carbocycles. The highest BCUT2D eigenvalue weighted by Gasteiger charge is 2.38. The van der Waals surface area contributed by atoms with Gasteiger partial charge in [0.05, 0.1) is 11.9 Å². The van der Waals surface area contributed by atoms with Crippen LogP contribution in [0.4, 0.5) is 18.9 Å². The second kappa shape index (κ2) is 8.77. The molecule has 1 fully saturated rings. The van der Waals surface area contributed by atoms with E-state index in [-0.39, 0.29) is 5.91 Å². The van der Waals surface area contributed by atoms with Crippen LogP contribution in [0.2, 0.25) is 0 Å². The van der Waals surface area contributed by atoms with E-state index in [0.29, 0.717) is 18.8 Å². The minimum absolute atomic E-state index is 0.00793. The van der Waals surface area contributed by atoms with Crippen LogP contribution in [0.3, 0.4) is 0 Å². The van der Waals surface area contributed by atoms with Crippen LogP contribution in [0.1, 0.15) is 21.9 Å². The predicted molar refractivity (Wildman–Crippen MR) is 94.2 cm³/mol. The molecule has 1 aliphatic rings. The summed E-state index contributed by atoms with van der Waals surface area (Å²) in [6.45, 7) is 6.81. The minimum atomic E-state index is -5.08. The highest BCUT2D eigenvalue weighted by molar-refractivity contribution is 5.93. The summed E-state index contributed by atoms with van der Waals surface area (Å²) in [5.74, 6) is -1.51. The number of carboxylic acids is 1. The number of hydrogen-bond donors (Lipinski definition) is 1. The molecule has 10 heteroatoms. The molecule has 0 aliphatic carbocycles. The SMILES string of the molecule is Cc1cc(C)c(C(=O)N2CCN(c3cccnc3)CC2)o1.O=C(O)C(F)(F)F. The normalized spacial score (nSPS) is 14.3. The van der Waals surface area contributed by atoms with Crippen LogP contribution in [0.25, 0.3) is 0 Å². The number of aliphatic carboxylic acids is 1. The van der Waals surface area contributed by atoms with E-state index >= 15 is 0 Å². The average molecular weight is 399 g/mol. The third kappa shape index (κ3) is 5.48. The molecule has 152 valence electrons. The van der Waals surface area contributed by atoms with Gasteiger partial charge in [0.1, 0.15) is 5.76 Å². The van der Waals surface area contributed by atoms with Crippen LogP contribution >= 0.6 is 0 Å². The summed E-state index contributed by atoms with van der Waals surface area (Å²) in [4.78, 5) is 29.6. The maximum Gasteiger partial charge on any atom is 0.490 e. The lowest BCUT2D eigenvalue weighted by Crippen LogP contribution is -2.48. The fourth-order valence-electron chi connectivity index (χ4n) is 2.71. The Bertz CT molecular complexity index is 813. The topological polar surface area (TPSA) is 86.9 Å². The van der Waals surface area contributed by atoms with Crippen molar-refractivity contribution in [2.75, 3.05) is 31.1 Å². The summed E-state index contributed by atoms with van der Waals surface area (Å²) in [6.07, 6.45) is -1.46. The smallest absolute Gasteiger partial charge is 0.475 e. The van der Waals surface area contributed by atoms with E-state index in [4.69, 9.17) is 14.3 Å². The van der Waals surface area contributed by atoms with Gasteiger partial charge in [0.25, 0.3) is 5.91 Å². The zero-order chi connectivity index (χ0) is 20.9. The Morgan fingerprint density at radius 1 is 1.18 bits per heavy atom. The summed E-state index contributed by atoms with van der Waals surface area (Å²) in [6, 6.07) is 5.88. The van der Waals surface area contributed by atoms with Crippen molar-refractivity contribution in [2.24, 2.45) is 0 Å². The van der Waals surface area contributed by atoms with E-state index in [9.17, 15) is 18.0 Å². The molecule has 1 amide bonds. The third-order valence-corrected chi connectivity index (χ3v) is 4.06. The molecule has 3 heterocycles. The van der Waals surface area contributed by atoms with Crippen molar-refractivity contribution in [1.82, 2.24) is 9.88 Å². The fraction of sp³-hybridized carbons (Fsp3) is 0.389. The van der Waals surface area contributed by atoms with Gasteiger partial charge in [-0.2, -0.15) is 13.2 Å². The molecule has 28 heavy (non-hydrogen) atoms. The van der Waals surface area contributed by atoms with Crippen LogP contribution in [0, 0.1) is 13.8 Å². The first kappa shape index (κ1) is 21.3. The van der Waals surface area contributed by atoms with E-state index in [0.717, 1.165) is 30.1 Å².